The van der Waals surface area contributed by atoms with Crippen molar-refractivity contribution in [1.29, 1.82) is 0 Å². The summed E-state index contributed by atoms with van der Waals surface area (Å²) in [6.07, 6.45) is 3.40. The van der Waals surface area contributed by atoms with Gasteiger partial charge in [-0.15, -0.1) is 5.10 Å². The maximum atomic E-state index is 12.4. The molecule has 0 radical (unpaired) electrons. The fourth-order valence-electron chi connectivity index (χ4n) is 2.48. The average molecular weight is 357 g/mol. The molecule has 0 aliphatic carbocycles. The first-order chi connectivity index (χ1) is 11.8. The minimum absolute atomic E-state index is 0.111. The molecule has 2 amide bonds. The number of benzene rings is 1. The molecule has 7 nitrogen and oxygen atoms in total. The molecule has 1 saturated heterocycles. The van der Waals surface area contributed by atoms with E-state index in [1.807, 2.05) is 46.1 Å². The fraction of sp³-hybridized carbons (Fsp3) is 0.294. The van der Waals surface area contributed by atoms with Gasteiger partial charge in [-0.05, 0) is 42.8 Å². The van der Waals surface area contributed by atoms with Crippen LogP contribution >= 0.6 is 11.8 Å². The van der Waals surface area contributed by atoms with Crippen LogP contribution in [0.1, 0.15) is 16.8 Å². The number of rotatable bonds is 4. The normalized spacial score (nSPS) is 16.2. The first-order valence-electron chi connectivity index (χ1n) is 7.76. The van der Waals surface area contributed by atoms with E-state index in [1.165, 1.54) is 4.90 Å². The Kier molecular flexibility index (Phi) is 4.63. The lowest BCUT2D eigenvalue weighted by atomic mass is 10.1. The highest BCUT2D eigenvalue weighted by atomic mass is 32.2. The van der Waals surface area contributed by atoms with Crippen LogP contribution in [0.5, 0.6) is 0 Å². The van der Waals surface area contributed by atoms with Crippen LogP contribution in [-0.4, -0.2) is 50.0 Å². The van der Waals surface area contributed by atoms with Gasteiger partial charge in [0.1, 0.15) is 5.69 Å². The van der Waals surface area contributed by atoms with Crippen molar-refractivity contribution in [3.8, 4) is 5.69 Å². The average Bonchev–Trinajstić information content (AvgIpc) is 3.10. The third-order valence-corrected chi connectivity index (χ3v) is 4.62. The molecule has 1 aromatic carbocycles. The van der Waals surface area contributed by atoms with Crippen LogP contribution < -0.4 is 0 Å². The number of amides is 2. The molecule has 0 atom stereocenters. The summed E-state index contributed by atoms with van der Waals surface area (Å²) in [6, 6.07) is 6.08. The SMILES string of the molecule is Cc1ccc(C)c(-n2cc(CN3C(=O)S/C(=C\N(C)C)C3=O)nn2)c1. The van der Waals surface area contributed by atoms with Gasteiger partial charge in [-0.1, -0.05) is 17.3 Å². The number of aryl methyl sites for hydroxylation is 2. The highest BCUT2D eigenvalue weighted by Crippen LogP contribution is 2.31. The molecule has 0 saturated carbocycles. The van der Waals surface area contributed by atoms with E-state index in [0.717, 1.165) is 28.6 Å². The van der Waals surface area contributed by atoms with Gasteiger partial charge in [0.05, 0.1) is 23.3 Å². The van der Waals surface area contributed by atoms with Gasteiger partial charge in [0, 0.05) is 20.3 Å². The predicted octanol–water partition coefficient (Wildman–Crippen LogP) is 2.48. The zero-order valence-corrected chi connectivity index (χ0v) is 15.4. The Morgan fingerprint density at radius 3 is 2.72 bits per heavy atom. The van der Waals surface area contributed by atoms with Gasteiger partial charge >= 0.3 is 0 Å². The molecule has 130 valence electrons. The highest BCUT2D eigenvalue weighted by Gasteiger charge is 2.35. The van der Waals surface area contributed by atoms with E-state index >= 15 is 0 Å². The molecule has 1 aliphatic rings. The molecule has 1 aromatic heterocycles. The second-order valence-electron chi connectivity index (χ2n) is 6.16. The quantitative estimate of drug-likeness (QED) is 0.783. The molecular formula is C17H19N5O2S. The third-order valence-electron chi connectivity index (χ3n) is 3.72. The van der Waals surface area contributed by atoms with E-state index in [0.29, 0.717) is 10.6 Å². The van der Waals surface area contributed by atoms with Crippen LogP contribution in [0.15, 0.2) is 35.5 Å². The summed E-state index contributed by atoms with van der Waals surface area (Å²) in [5.41, 5.74) is 3.69. The lowest BCUT2D eigenvalue weighted by molar-refractivity contribution is -0.123. The molecule has 3 rings (SSSR count). The van der Waals surface area contributed by atoms with Crippen LogP contribution in [0.3, 0.4) is 0 Å². The van der Waals surface area contributed by atoms with Crippen LogP contribution in [0, 0.1) is 13.8 Å². The number of hydrogen-bond acceptors (Lipinski definition) is 6. The Labute approximate surface area is 150 Å². The summed E-state index contributed by atoms with van der Waals surface area (Å²) in [5, 5.41) is 7.95. The van der Waals surface area contributed by atoms with Gasteiger partial charge in [-0.2, -0.15) is 0 Å². The zero-order chi connectivity index (χ0) is 18.1. The number of carbonyl (C=O) groups excluding carboxylic acids is 2. The predicted molar refractivity (Wildman–Crippen MR) is 96.1 cm³/mol. The van der Waals surface area contributed by atoms with Crippen molar-refractivity contribution in [1.82, 2.24) is 24.8 Å². The second kappa shape index (κ2) is 6.72. The first kappa shape index (κ1) is 17.2. The molecule has 0 spiro atoms. The number of nitrogens with zero attached hydrogens (tertiary/aromatic N) is 5. The Morgan fingerprint density at radius 1 is 1.24 bits per heavy atom. The molecule has 1 aliphatic heterocycles. The van der Waals surface area contributed by atoms with Gasteiger partial charge in [-0.3, -0.25) is 14.5 Å². The van der Waals surface area contributed by atoms with Crippen LogP contribution in [0.25, 0.3) is 5.69 Å². The maximum absolute atomic E-state index is 12.4. The number of aromatic nitrogens is 3. The third kappa shape index (κ3) is 3.58. The van der Waals surface area contributed by atoms with E-state index in [9.17, 15) is 9.59 Å². The molecular weight excluding hydrogens is 338 g/mol. The summed E-state index contributed by atoms with van der Waals surface area (Å²) in [5.74, 6) is -0.301. The van der Waals surface area contributed by atoms with Crippen LogP contribution in [-0.2, 0) is 11.3 Å². The van der Waals surface area contributed by atoms with Crippen LogP contribution in [0.4, 0.5) is 4.79 Å². The van der Waals surface area contributed by atoms with E-state index in [2.05, 4.69) is 10.3 Å². The minimum Gasteiger partial charge on any atom is -0.382 e. The summed E-state index contributed by atoms with van der Waals surface area (Å²) in [7, 11) is 3.62. The number of hydrogen-bond donors (Lipinski definition) is 0. The van der Waals surface area contributed by atoms with Crippen molar-refractivity contribution in [3.05, 3.63) is 52.3 Å². The Hall–Kier alpha value is -2.61. The van der Waals surface area contributed by atoms with Gasteiger partial charge in [-0.25, -0.2) is 4.68 Å². The number of imide groups is 1. The van der Waals surface area contributed by atoms with Crippen molar-refractivity contribution in [2.24, 2.45) is 0 Å². The minimum atomic E-state index is -0.301. The van der Waals surface area contributed by atoms with Crippen molar-refractivity contribution in [2.45, 2.75) is 20.4 Å². The van der Waals surface area contributed by atoms with Gasteiger partial charge in [0.2, 0.25) is 0 Å². The van der Waals surface area contributed by atoms with Gasteiger partial charge in [0.15, 0.2) is 0 Å². The van der Waals surface area contributed by atoms with Crippen molar-refractivity contribution in [3.63, 3.8) is 0 Å². The van der Waals surface area contributed by atoms with Crippen molar-refractivity contribution >= 4 is 22.9 Å². The topological polar surface area (TPSA) is 71.3 Å². The maximum Gasteiger partial charge on any atom is 0.293 e. The first-order valence-corrected chi connectivity index (χ1v) is 8.57. The number of carbonyl (C=O) groups is 2. The van der Waals surface area contributed by atoms with Crippen molar-refractivity contribution < 1.29 is 9.59 Å². The molecule has 1 fully saturated rings. The summed E-state index contributed by atoms with van der Waals surface area (Å²) in [6.45, 7) is 4.12. The molecule has 2 heterocycles. The monoisotopic (exact) mass is 357 g/mol. The molecule has 0 unspecified atom stereocenters. The molecule has 0 bridgehead atoms. The Balaban J connectivity index is 1.81. The summed E-state index contributed by atoms with van der Waals surface area (Å²) < 4.78 is 1.67. The Morgan fingerprint density at radius 2 is 2.00 bits per heavy atom. The second-order valence-corrected chi connectivity index (χ2v) is 7.15. The summed E-state index contributed by atoms with van der Waals surface area (Å²) >= 11 is 0.939. The van der Waals surface area contributed by atoms with E-state index in [1.54, 1.807) is 22.0 Å². The zero-order valence-electron chi connectivity index (χ0n) is 14.6. The largest absolute Gasteiger partial charge is 0.382 e. The summed E-state index contributed by atoms with van der Waals surface area (Å²) in [4.78, 5) is 27.8. The lowest BCUT2D eigenvalue weighted by Crippen LogP contribution is -2.28. The van der Waals surface area contributed by atoms with Gasteiger partial charge < -0.3 is 4.90 Å². The number of thioether (sulfide) groups is 1. The molecule has 0 N–H and O–H groups in total. The van der Waals surface area contributed by atoms with Gasteiger partial charge in [0.25, 0.3) is 11.1 Å². The Bertz CT molecular complexity index is 872. The van der Waals surface area contributed by atoms with E-state index < -0.39 is 0 Å². The van der Waals surface area contributed by atoms with E-state index in [-0.39, 0.29) is 17.7 Å². The van der Waals surface area contributed by atoms with Crippen LogP contribution in [0.2, 0.25) is 0 Å². The lowest BCUT2D eigenvalue weighted by Gasteiger charge is -2.10. The highest BCUT2D eigenvalue weighted by molar-refractivity contribution is 8.18. The fourth-order valence-corrected chi connectivity index (χ4v) is 3.38. The smallest absolute Gasteiger partial charge is 0.293 e. The van der Waals surface area contributed by atoms with Crippen molar-refractivity contribution in [2.75, 3.05) is 14.1 Å². The standard InChI is InChI=1S/C17H19N5O2S/c1-11-5-6-12(2)14(7-11)22-9-13(18-19-22)8-21-16(23)15(10-20(3)4)25-17(21)24/h5-7,9-10H,8H2,1-4H3/b15-10-. The molecule has 8 heteroatoms. The van der Waals surface area contributed by atoms with E-state index in [4.69, 9.17) is 0 Å². The molecule has 25 heavy (non-hydrogen) atoms. The molecule has 2 aromatic rings.